The Morgan fingerprint density at radius 2 is 1.85 bits per heavy atom. The van der Waals surface area contributed by atoms with Crippen molar-refractivity contribution in [1.82, 2.24) is 0 Å². The molecule has 4 heteroatoms. The molecule has 0 aliphatic heterocycles. The second kappa shape index (κ2) is 6.44. The molecule has 0 radical (unpaired) electrons. The Labute approximate surface area is 127 Å². The molecule has 0 fully saturated rings. The van der Waals surface area contributed by atoms with E-state index < -0.39 is 0 Å². The fourth-order valence-electron chi connectivity index (χ4n) is 2.43. The van der Waals surface area contributed by atoms with Crippen molar-refractivity contribution in [3.63, 3.8) is 0 Å². The Kier molecular flexibility index (Phi) is 4.86. The fraction of sp³-hybridized carbons (Fsp3) is 0.438. The molecular formula is C16H20BrNO2. The van der Waals surface area contributed by atoms with Gasteiger partial charge >= 0.3 is 5.63 Å². The molecule has 2 aromatic rings. The van der Waals surface area contributed by atoms with Crippen molar-refractivity contribution in [2.24, 2.45) is 0 Å². The maximum absolute atomic E-state index is 11.8. The monoisotopic (exact) mass is 337 g/mol. The second-order valence-electron chi connectivity index (χ2n) is 5.00. The van der Waals surface area contributed by atoms with E-state index in [4.69, 9.17) is 4.42 Å². The highest BCUT2D eigenvalue weighted by Gasteiger charge is 2.11. The normalized spacial score (nSPS) is 11.0. The molecular weight excluding hydrogens is 318 g/mol. The summed E-state index contributed by atoms with van der Waals surface area (Å²) in [6.07, 6.45) is 2.20. The standard InChI is InChI=1S/C16H20BrNO2/c1-4-8-18(9-5-2)12-6-7-13-11(3)15(17)16(19)20-14(13)10-12/h6-7,10H,4-5,8-9H2,1-3H3. The molecule has 0 saturated heterocycles. The summed E-state index contributed by atoms with van der Waals surface area (Å²) >= 11 is 3.28. The molecule has 0 atom stereocenters. The van der Waals surface area contributed by atoms with E-state index in [9.17, 15) is 4.79 Å². The zero-order chi connectivity index (χ0) is 14.7. The van der Waals surface area contributed by atoms with E-state index in [0.717, 1.165) is 42.6 Å². The molecule has 0 spiro atoms. The van der Waals surface area contributed by atoms with Crippen LogP contribution in [0, 0.1) is 6.92 Å². The van der Waals surface area contributed by atoms with Crippen molar-refractivity contribution in [1.29, 1.82) is 0 Å². The van der Waals surface area contributed by atoms with Crippen molar-refractivity contribution in [2.75, 3.05) is 18.0 Å². The summed E-state index contributed by atoms with van der Waals surface area (Å²) in [7, 11) is 0. The van der Waals surface area contributed by atoms with Crippen LogP contribution in [0.2, 0.25) is 0 Å². The van der Waals surface area contributed by atoms with E-state index in [0.29, 0.717) is 10.1 Å². The maximum atomic E-state index is 11.8. The smallest absolute Gasteiger partial charge is 0.350 e. The summed E-state index contributed by atoms with van der Waals surface area (Å²) in [5.41, 5.74) is 2.39. The molecule has 108 valence electrons. The third-order valence-corrected chi connectivity index (χ3v) is 4.35. The number of hydrogen-bond acceptors (Lipinski definition) is 3. The molecule has 2 rings (SSSR count). The highest BCUT2D eigenvalue weighted by Crippen LogP contribution is 2.27. The highest BCUT2D eigenvalue weighted by atomic mass is 79.9. The molecule has 1 aromatic heterocycles. The average molecular weight is 338 g/mol. The minimum atomic E-state index is -0.315. The number of aryl methyl sites for hydroxylation is 1. The van der Waals surface area contributed by atoms with Crippen LogP contribution in [0.3, 0.4) is 0 Å². The molecule has 0 aliphatic carbocycles. The third kappa shape index (κ3) is 2.90. The van der Waals surface area contributed by atoms with Crippen molar-refractivity contribution < 1.29 is 4.42 Å². The molecule has 20 heavy (non-hydrogen) atoms. The SMILES string of the molecule is CCCN(CCC)c1ccc2c(C)c(Br)c(=O)oc2c1. The maximum Gasteiger partial charge on any atom is 0.350 e. The van der Waals surface area contributed by atoms with Gasteiger partial charge in [-0.1, -0.05) is 13.8 Å². The van der Waals surface area contributed by atoms with Gasteiger partial charge < -0.3 is 9.32 Å². The Bertz CT molecular complexity index is 657. The second-order valence-corrected chi connectivity index (χ2v) is 5.79. The van der Waals surface area contributed by atoms with Crippen molar-refractivity contribution >= 4 is 32.6 Å². The number of nitrogens with zero attached hydrogens (tertiary/aromatic N) is 1. The molecule has 0 N–H and O–H groups in total. The van der Waals surface area contributed by atoms with E-state index >= 15 is 0 Å². The van der Waals surface area contributed by atoms with Gasteiger partial charge in [-0.25, -0.2) is 4.79 Å². The highest BCUT2D eigenvalue weighted by molar-refractivity contribution is 9.10. The zero-order valence-corrected chi connectivity index (χ0v) is 13.8. The lowest BCUT2D eigenvalue weighted by Gasteiger charge is -2.24. The van der Waals surface area contributed by atoms with Crippen LogP contribution in [-0.2, 0) is 0 Å². The topological polar surface area (TPSA) is 33.5 Å². The van der Waals surface area contributed by atoms with Gasteiger partial charge in [-0.2, -0.15) is 0 Å². The van der Waals surface area contributed by atoms with Crippen LogP contribution in [0.4, 0.5) is 5.69 Å². The zero-order valence-electron chi connectivity index (χ0n) is 12.2. The van der Waals surface area contributed by atoms with Gasteiger partial charge in [-0.05, 0) is 53.4 Å². The van der Waals surface area contributed by atoms with Crippen molar-refractivity contribution in [2.45, 2.75) is 33.6 Å². The van der Waals surface area contributed by atoms with Crippen molar-refractivity contribution in [3.8, 4) is 0 Å². The summed E-state index contributed by atoms with van der Waals surface area (Å²) in [6.45, 7) is 8.30. The average Bonchev–Trinajstić information content (AvgIpc) is 2.44. The number of rotatable bonds is 5. The summed E-state index contributed by atoms with van der Waals surface area (Å²) in [5.74, 6) is 0. The van der Waals surface area contributed by atoms with E-state index in [2.05, 4.69) is 40.7 Å². The van der Waals surface area contributed by atoms with Gasteiger partial charge in [-0.15, -0.1) is 0 Å². The summed E-state index contributed by atoms with van der Waals surface area (Å²) in [4.78, 5) is 14.1. The van der Waals surface area contributed by atoms with Crippen LogP contribution in [0.15, 0.2) is 31.9 Å². The van der Waals surface area contributed by atoms with Gasteiger partial charge in [-0.3, -0.25) is 0 Å². The van der Waals surface area contributed by atoms with Crippen LogP contribution in [0.1, 0.15) is 32.3 Å². The summed E-state index contributed by atoms with van der Waals surface area (Å²) < 4.78 is 5.90. The Morgan fingerprint density at radius 3 is 2.45 bits per heavy atom. The fourth-order valence-corrected chi connectivity index (χ4v) is 2.72. The first-order valence-corrected chi connectivity index (χ1v) is 7.85. The molecule has 0 unspecified atom stereocenters. The number of anilines is 1. The molecule has 0 aliphatic rings. The first-order valence-electron chi connectivity index (χ1n) is 7.06. The van der Waals surface area contributed by atoms with Crippen LogP contribution in [-0.4, -0.2) is 13.1 Å². The lowest BCUT2D eigenvalue weighted by molar-refractivity contribution is 0.555. The Morgan fingerprint density at radius 1 is 1.20 bits per heavy atom. The molecule has 0 amide bonds. The Hall–Kier alpha value is -1.29. The van der Waals surface area contributed by atoms with Crippen LogP contribution >= 0.6 is 15.9 Å². The van der Waals surface area contributed by atoms with Gasteiger partial charge in [0.15, 0.2) is 0 Å². The molecule has 0 bridgehead atoms. The van der Waals surface area contributed by atoms with Crippen LogP contribution in [0.5, 0.6) is 0 Å². The minimum absolute atomic E-state index is 0.315. The minimum Gasteiger partial charge on any atom is -0.422 e. The first-order chi connectivity index (χ1) is 9.58. The number of fused-ring (bicyclic) bond motifs is 1. The van der Waals surface area contributed by atoms with Gasteiger partial charge in [0.25, 0.3) is 0 Å². The first kappa shape index (κ1) is 15.1. The van der Waals surface area contributed by atoms with Gasteiger partial charge in [0, 0.05) is 30.2 Å². The third-order valence-electron chi connectivity index (χ3n) is 3.43. The van der Waals surface area contributed by atoms with Gasteiger partial charge in [0.2, 0.25) is 0 Å². The number of benzene rings is 1. The van der Waals surface area contributed by atoms with Gasteiger partial charge in [0.05, 0.1) is 0 Å². The lowest BCUT2D eigenvalue weighted by atomic mass is 10.1. The largest absolute Gasteiger partial charge is 0.422 e. The predicted octanol–water partition coefficient (Wildman–Crippen LogP) is 4.49. The lowest BCUT2D eigenvalue weighted by Crippen LogP contribution is -2.24. The number of hydrogen-bond donors (Lipinski definition) is 0. The summed E-state index contributed by atoms with van der Waals surface area (Å²) in [5, 5.41) is 0.980. The van der Waals surface area contributed by atoms with Crippen LogP contribution < -0.4 is 10.5 Å². The molecule has 1 aromatic carbocycles. The van der Waals surface area contributed by atoms with E-state index in [1.54, 1.807) is 0 Å². The molecule has 1 heterocycles. The van der Waals surface area contributed by atoms with Crippen molar-refractivity contribution in [3.05, 3.63) is 38.7 Å². The quantitative estimate of drug-likeness (QED) is 0.753. The van der Waals surface area contributed by atoms with E-state index in [-0.39, 0.29) is 5.63 Å². The van der Waals surface area contributed by atoms with E-state index in [1.807, 2.05) is 19.1 Å². The molecule has 0 saturated carbocycles. The Balaban J connectivity index is 2.53. The van der Waals surface area contributed by atoms with Gasteiger partial charge in [0.1, 0.15) is 10.1 Å². The van der Waals surface area contributed by atoms with E-state index in [1.165, 1.54) is 0 Å². The summed E-state index contributed by atoms with van der Waals surface area (Å²) in [6, 6.07) is 6.11. The predicted molar refractivity (Wildman–Crippen MR) is 87.7 cm³/mol. The number of halogens is 1. The molecule has 3 nitrogen and oxygen atoms in total. The van der Waals surface area contributed by atoms with Crippen LogP contribution in [0.25, 0.3) is 11.0 Å².